The largest absolute Gasteiger partial charge is 0.454 e. The van der Waals surface area contributed by atoms with E-state index < -0.39 is 0 Å². The molecule has 3 nitrogen and oxygen atoms in total. The van der Waals surface area contributed by atoms with Crippen LogP contribution in [-0.4, -0.2) is 0 Å². The SMILES string of the molecule is c1ccc2cc(-c3ccc(N(c4ccc5ccccc5c4)c4ccc(-c5ccc6ccccc6c5)c5c4oc4ccccc45)c4oc5ccccc5c34)ccc2c1. The van der Waals surface area contributed by atoms with Gasteiger partial charge in [-0.15, -0.1) is 0 Å². The predicted octanol–water partition coefficient (Wildman–Crippen LogP) is 15.7. The molecule has 0 saturated carbocycles. The van der Waals surface area contributed by atoms with E-state index in [1.807, 2.05) is 12.1 Å². The molecule has 12 rings (SSSR count). The average Bonchev–Trinajstić information content (AvgIpc) is 3.86. The summed E-state index contributed by atoms with van der Waals surface area (Å²) < 4.78 is 14.0. The lowest BCUT2D eigenvalue weighted by molar-refractivity contribution is 0.666. The highest BCUT2D eigenvalue weighted by Crippen LogP contribution is 2.50. The number of furan rings is 2. The summed E-state index contributed by atoms with van der Waals surface area (Å²) in [6, 6.07) is 71.5. The molecule has 2 heterocycles. The number of fused-ring (bicyclic) bond motifs is 9. The van der Waals surface area contributed by atoms with E-state index in [-0.39, 0.29) is 0 Å². The number of para-hydroxylation sites is 2. The van der Waals surface area contributed by atoms with Gasteiger partial charge in [-0.05, 0) is 103 Å². The monoisotopic (exact) mass is 727 g/mol. The highest BCUT2D eigenvalue weighted by Gasteiger charge is 2.26. The van der Waals surface area contributed by atoms with Crippen molar-refractivity contribution >= 4 is 93.3 Å². The quantitative estimate of drug-likeness (QED) is 0.177. The number of hydrogen-bond acceptors (Lipinski definition) is 3. The van der Waals surface area contributed by atoms with Gasteiger partial charge in [-0.2, -0.15) is 0 Å². The van der Waals surface area contributed by atoms with Gasteiger partial charge < -0.3 is 13.7 Å². The molecule has 12 aromatic rings. The van der Waals surface area contributed by atoms with Crippen LogP contribution in [-0.2, 0) is 0 Å². The Morgan fingerprint density at radius 2 is 0.719 bits per heavy atom. The zero-order valence-electron chi connectivity index (χ0n) is 30.8. The first-order chi connectivity index (χ1) is 28.2. The second-order valence-electron chi connectivity index (χ2n) is 14.9. The maximum Gasteiger partial charge on any atom is 0.160 e. The van der Waals surface area contributed by atoms with Crippen molar-refractivity contribution < 1.29 is 8.83 Å². The van der Waals surface area contributed by atoms with Crippen molar-refractivity contribution in [2.24, 2.45) is 0 Å². The van der Waals surface area contributed by atoms with Gasteiger partial charge in [0.05, 0.1) is 11.4 Å². The molecule has 266 valence electrons. The molecule has 0 amide bonds. The molecule has 0 atom stereocenters. The van der Waals surface area contributed by atoms with Crippen LogP contribution in [0.25, 0.3) is 98.4 Å². The Hall–Kier alpha value is -7.62. The van der Waals surface area contributed by atoms with Crippen LogP contribution in [0.2, 0.25) is 0 Å². The number of benzene rings is 10. The second kappa shape index (κ2) is 12.5. The van der Waals surface area contributed by atoms with Crippen molar-refractivity contribution in [2.45, 2.75) is 0 Å². The Labute approximate surface area is 328 Å². The fraction of sp³-hybridized carbons (Fsp3) is 0. The molecule has 0 radical (unpaired) electrons. The molecule has 0 spiro atoms. The van der Waals surface area contributed by atoms with Crippen molar-refractivity contribution in [1.29, 1.82) is 0 Å². The van der Waals surface area contributed by atoms with Gasteiger partial charge in [0.2, 0.25) is 0 Å². The summed E-state index contributed by atoms with van der Waals surface area (Å²) >= 11 is 0. The summed E-state index contributed by atoms with van der Waals surface area (Å²) in [6.45, 7) is 0. The van der Waals surface area contributed by atoms with E-state index in [0.717, 1.165) is 88.6 Å². The molecule has 10 aromatic carbocycles. The molecule has 3 heteroatoms. The molecule has 57 heavy (non-hydrogen) atoms. The zero-order valence-corrected chi connectivity index (χ0v) is 30.8. The van der Waals surface area contributed by atoms with Crippen LogP contribution in [0.5, 0.6) is 0 Å². The lowest BCUT2D eigenvalue weighted by Crippen LogP contribution is -2.11. The smallest absolute Gasteiger partial charge is 0.160 e. The van der Waals surface area contributed by atoms with Crippen LogP contribution < -0.4 is 4.90 Å². The summed E-state index contributed by atoms with van der Waals surface area (Å²) in [7, 11) is 0. The summed E-state index contributed by atoms with van der Waals surface area (Å²) in [4.78, 5) is 2.33. The van der Waals surface area contributed by atoms with Crippen LogP contribution in [0.15, 0.2) is 209 Å². The molecular weight excluding hydrogens is 695 g/mol. The van der Waals surface area contributed by atoms with Gasteiger partial charge >= 0.3 is 0 Å². The average molecular weight is 728 g/mol. The Morgan fingerprint density at radius 3 is 1.21 bits per heavy atom. The van der Waals surface area contributed by atoms with Crippen LogP contribution in [0.3, 0.4) is 0 Å². The summed E-state index contributed by atoms with van der Waals surface area (Å²) in [5.74, 6) is 0. The van der Waals surface area contributed by atoms with Gasteiger partial charge in [0, 0.05) is 27.2 Å². The zero-order chi connectivity index (χ0) is 37.5. The van der Waals surface area contributed by atoms with Crippen LogP contribution in [0.1, 0.15) is 0 Å². The van der Waals surface area contributed by atoms with Crippen molar-refractivity contribution in [3.63, 3.8) is 0 Å². The lowest BCUT2D eigenvalue weighted by Gasteiger charge is -2.27. The van der Waals surface area contributed by atoms with Crippen molar-refractivity contribution in [3.8, 4) is 22.3 Å². The summed E-state index contributed by atoms with van der Waals surface area (Å²) in [6.07, 6.45) is 0. The van der Waals surface area contributed by atoms with E-state index in [1.165, 1.54) is 26.9 Å². The van der Waals surface area contributed by atoms with E-state index in [4.69, 9.17) is 8.83 Å². The number of anilines is 3. The van der Waals surface area contributed by atoms with E-state index in [9.17, 15) is 0 Å². The van der Waals surface area contributed by atoms with Crippen molar-refractivity contribution in [3.05, 3.63) is 200 Å². The van der Waals surface area contributed by atoms with Crippen LogP contribution >= 0.6 is 0 Å². The predicted molar refractivity (Wildman–Crippen MR) is 239 cm³/mol. The molecule has 0 aliphatic rings. The number of rotatable bonds is 5. The maximum absolute atomic E-state index is 6.98. The van der Waals surface area contributed by atoms with Crippen molar-refractivity contribution in [2.75, 3.05) is 4.90 Å². The molecule has 0 aliphatic heterocycles. The molecule has 0 aliphatic carbocycles. The first kappa shape index (κ1) is 31.7. The lowest BCUT2D eigenvalue weighted by atomic mass is 9.95. The standard InChI is InChI=1S/C54H33NO2/c1-4-14-37-31-40(23-21-34(37)11-1)43-27-29-47(53-51(43)45-17-7-9-19-49(45)56-53)55(42-26-25-36-13-3-6-16-39(36)33-42)48-30-28-44(41-24-22-35-12-2-5-15-38(35)32-41)52-46-18-8-10-20-50(46)57-54(48)52/h1-33H. The highest BCUT2D eigenvalue weighted by atomic mass is 16.3. The minimum Gasteiger partial charge on any atom is -0.454 e. The van der Waals surface area contributed by atoms with E-state index in [1.54, 1.807) is 0 Å². The third kappa shape index (κ3) is 4.99. The maximum atomic E-state index is 6.98. The second-order valence-corrected chi connectivity index (χ2v) is 14.9. The van der Waals surface area contributed by atoms with Gasteiger partial charge in [0.15, 0.2) is 11.2 Å². The Balaban J connectivity index is 1.16. The van der Waals surface area contributed by atoms with Crippen molar-refractivity contribution in [1.82, 2.24) is 0 Å². The molecule has 0 bridgehead atoms. The van der Waals surface area contributed by atoms with Gasteiger partial charge in [0.1, 0.15) is 11.2 Å². The fourth-order valence-corrected chi connectivity index (χ4v) is 8.90. The van der Waals surface area contributed by atoms with E-state index >= 15 is 0 Å². The molecule has 0 N–H and O–H groups in total. The Morgan fingerprint density at radius 1 is 0.316 bits per heavy atom. The van der Waals surface area contributed by atoms with Gasteiger partial charge in [-0.25, -0.2) is 0 Å². The third-order valence-corrected chi connectivity index (χ3v) is 11.6. The molecule has 0 unspecified atom stereocenters. The normalized spacial score (nSPS) is 11.9. The molecule has 0 fully saturated rings. The first-order valence-corrected chi connectivity index (χ1v) is 19.4. The summed E-state index contributed by atoms with van der Waals surface area (Å²) in [5, 5.41) is 11.5. The topological polar surface area (TPSA) is 29.5 Å². The van der Waals surface area contributed by atoms with Crippen LogP contribution in [0.4, 0.5) is 17.1 Å². The van der Waals surface area contributed by atoms with Crippen LogP contribution in [0, 0.1) is 0 Å². The first-order valence-electron chi connectivity index (χ1n) is 19.4. The third-order valence-electron chi connectivity index (χ3n) is 11.6. The molecular formula is C54H33NO2. The Bertz CT molecular complexity index is 3360. The number of hydrogen-bond donors (Lipinski definition) is 0. The Kier molecular flexibility index (Phi) is 6.93. The minimum atomic E-state index is 0.817. The number of nitrogens with zero attached hydrogens (tertiary/aromatic N) is 1. The highest BCUT2D eigenvalue weighted by molar-refractivity contribution is 6.20. The van der Waals surface area contributed by atoms with Gasteiger partial charge in [0.25, 0.3) is 0 Å². The summed E-state index contributed by atoms with van der Waals surface area (Å²) in [5.41, 5.74) is 10.8. The minimum absolute atomic E-state index is 0.817. The van der Waals surface area contributed by atoms with E-state index in [0.29, 0.717) is 0 Å². The molecule has 2 aromatic heterocycles. The van der Waals surface area contributed by atoms with E-state index in [2.05, 4.69) is 193 Å². The molecule has 0 saturated heterocycles. The fourth-order valence-electron chi connectivity index (χ4n) is 8.90. The van der Waals surface area contributed by atoms with Gasteiger partial charge in [-0.1, -0.05) is 152 Å². The van der Waals surface area contributed by atoms with Gasteiger partial charge in [-0.3, -0.25) is 0 Å².